The number of anilines is 1. The molecule has 0 unspecified atom stereocenters. The fourth-order valence-corrected chi connectivity index (χ4v) is 13.6. The number of non-ortho nitro benzene ring substituents is 1. The van der Waals surface area contributed by atoms with Crippen LogP contribution in [0.1, 0.15) is 37.3 Å². The Labute approximate surface area is 324 Å². The first-order chi connectivity index (χ1) is 26.9. The van der Waals surface area contributed by atoms with E-state index in [-0.39, 0.29) is 54.2 Å². The van der Waals surface area contributed by atoms with Gasteiger partial charge in [-0.3, -0.25) is 29.6 Å². The number of aromatic nitrogens is 2. The lowest BCUT2D eigenvalue weighted by molar-refractivity contribution is -0.385. The summed E-state index contributed by atoms with van der Waals surface area (Å²) in [5.41, 5.74) is 0.652. The number of rotatable bonds is 10. The molecule has 2 fully saturated rings. The highest BCUT2D eigenvalue weighted by molar-refractivity contribution is 6.91. The number of aromatic amines is 1. The van der Waals surface area contributed by atoms with E-state index in [0.29, 0.717) is 46.6 Å². The molecular formula is C42H45N5O8Si. The minimum atomic E-state index is -2.62. The predicted octanol–water partition coefficient (Wildman–Crippen LogP) is 5.37. The molecule has 3 aliphatic rings. The van der Waals surface area contributed by atoms with Gasteiger partial charge in [0.25, 0.3) is 17.2 Å². The number of methoxy groups -OCH3 is 1. The molecule has 1 aromatic heterocycles. The van der Waals surface area contributed by atoms with Crippen molar-refractivity contribution >= 4 is 47.4 Å². The molecule has 2 amide bonds. The van der Waals surface area contributed by atoms with Gasteiger partial charge in [-0.15, -0.1) is 0 Å². The monoisotopic (exact) mass is 775 g/mol. The summed E-state index contributed by atoms with van der Waals surface area (Å²) in [4.78, 5) is 57.9. The van der Waals surface area contributed by atoms with Gasteiger partial charge in [0.15, 0.2) is 5.60 Å². The number of nitro benzene ring substituents is 1. The Morgan fingerprint density at radius 2 is 1.82 bits per heavy atom. The third-order valence-electron chi connectivity index (χ3n) is 12.4. The smallest absolute Gasteiger partial charge is 0.279 e. The van der Waals surface area contributed by atoms with Gasteiger partial charge in [0, 0.05) is 30.2 Å². The van der Waals surface area contributed by atoms with Crippen LogP contribution in [-0.4, -0.2) is 77.0 Å². The second-order valence-corrected chi connectivity index (χ2v) is 20.4. The number of nitrogens with one attached hydrogen (secondary N) is 1. The average Bonchev–Trinajstić information content (AvgIpc) is 3.95. The van der Waals surface area contributed by atoms with Crippen LogP contribution >= 0.6 is 0 Å². The van der Waals surface area contributed by atoms with E-state index >= 15 is 4.79 Å². The Bertz CT molecular complexity index is 2410. The number of amides is 2. The second kappa shape index (κ2) is 14.2. The van der Waals surface area contributed by atoms with Crippen LogP contribution < -0.4 is 20.4 Å². The maximum atomic E-state index is 15.3. The zero-order valence-electron chi connectivity index (χ0n) is 31.8. The first kappa shape index (κ1) is 37.4. The number of carbonyl (C=O) groups is 2. The van der Waals surface area contributed by atoms with Gasteiger partial charge < -0.3 is 24.4 Å². The normalized spacial score (nSPS) is 23.3. The lowest BCUT2D eigenvalue weighted by Gasteiger charge is -2.37. The number of H-pyrrole nitrogens is 1. The largest absolute Gasteiger partial charge is 0.497 e. The number of likely N-dealkylation sites (tertiary alicyclic amines) is 1. The highest BCUT2D eigenvalue weighted by atomic mass is 28.3. The van der Waals surface area contributed by atoms with Crippen LogP contribution in [0.3, 0.4) is 0 Å². The number of hydrogen-bond acceptors (Lipinski definition) is 8. The van der Waals surface area contributed by atoms with Gasteiger partial charge in [0.05, 0.1) is 74.1 Å². The SMILES string of the molecule is COc1ccc([Si](C)(C)[C@@H]2[C@@H](CC(=O)N3CCC[C@H]3CO)O[C@]3(C(=O)N(Cc4cccc(-n5[nH]c6ccccc6c5=O)c4)c4ccc([N+](=O)[O-])cc43)[C@H]2C)cc1. The second-order valence-electron chi connectivity index (χ2n) is 15.7. The zero-order chi connectivity index (χ0) is 39.5. The summed E-state index contributed by atoms with van der Waals surface area (Å²) in [6, 6.07) is 26.7. The number of para-hydroxylation sites is 1. The van der Waals surface area contributed by atoms with E-state index in [9.17, 15) is 24.8 Å². The molecule has 4 aromatic carbocycles. The van der Waals surface area contributed by atoms with Gasteiger partial charge in [-0.1, -0.05) is 61.6 Å². The van der Waals surface area contributed by atoms with E-state index in [1.54, 1.807) is 29.0 Å². The van der Waals surface area contributed by atoms with Crippen LogP contribution in [0, 0.1) is 16.0 Å². The molecule has 0 aliphatic carbocycles. The van der Waals surface area contributed by atoms with Crippen molar-refractivity contribution < 1.29 is 29.1 Å². The summed E-state index contributed by atoms with van der Waals surface area (Å²) >= 11 is 0. The number of benzene rings is 4. The van der Waals surface area contributed by atoms with Gasteiger partial charge in [0.2, 0.25) is 5.91 Å². The van der Waals surface area contributed by atoms with Crippen LogP contribution in [0.4, 0.5) is 11.4 Å². The lowest BCUT2D eigenvalue weighted by Crippen LogP contribution is -2.52. The molecule has 5 aromatic rings. The number of aliphatic hydroxyl groups excluding tert-OH is 1. The average molecular weight is 776 g/mol. The number of ether oxygens (including phenoxy) is 2. The van der Waals surface area contributed by atoms with Crippen LogP contribution in [0.25, 0.3) is 16.6 Å². The van der Waals surface area contributed by atoms with E-state index in [1.165, 1.54) is 16.8 Å². The topological polar surface area (TPSA) is 160 Å². The molecule has 2 saturated heterocycles. The molecule has 1 spiro atoms. The van der Waals surface area contributed by atoms with Gasteiger partial charge >= 0.3 is 0 Å². The van der Waals surface area contributed by atoms with E-state index < -0.39 is 30.6 Å². The summed E-state index contributed by atoms with van der Waals surface area (Å²) in [5.74, 6) is -0.290. The summed E-state index contributed by atoms with van der Waals surface area (Å²) in [6.07, 6.45) is 0.802. The van der Waals surface area contributed by atoms with Crippen molar-refractivity contribution in [3.63, 3.8) is 0 Å². The predicted molar refractivity (Wildman–Crippen MR) is 214 cm³/mol. The van der Waals surface area contributed by atoms with Crippen molar-refractivity contribution in [3.05, 3.63) is 123 Å². The molecule has 2 N–H and O–H groups in total. The fourth-order valence-electron chi connectivity index (χ4n) is 9.63. The number of nitrogens with zero attached hydrogens (tertiary/aromatic N) is 4. The summed E-state index contributed by atoms with van der Waals surface area (Å²) < 4.78 is 14.0. The van der Waals surface area contributed by atoms with Crippen molar-refractivity contribution in [2.24, 2.45) is 5.92 Å². The molecule has 0 bridgehead atoms. The van der Waals surface area contributed by atoms with Gasteiger partial charge in [-0.2, -0.15) is 0 Å². The molecule has 0 radical (unpaired) electrons. The number of carbonyl (C=O) groups excluding carboxylic acids is 2. The molecule has 8 rings (SSSR count). The minimum absolute atomic E-state index is 0.00131. The van der Waals surface area contributed by atoms with Gasteiger partial charge in [-0.05, 0) is 66.4 Å². The maximum absolute atomic E-state index is 15.3. The quantitative estimate of drug-likeness (QED) is 0.109. The van der Waals surface area contributed by atoms with Crippen LogP contribution in [-0.2, 0) is 26.5 Å². The Morgan fingerprint density at radius 1 is 1.05 bits per heavy atom. The molecule has 14 heteroatoms. The van der Waals surface area contributed by atoms with Crippen molar-refractivity contribution in [1.29, 1.82) is 0 Å². The summed E-state index contributed by atoms with van der Waals surface area (Å²) in [6.45, 7) is 6.91. The Balaban J connectivity index is 1.21. The van der Waals surface area contributed by atoms with Gasteiger partial charge in [0.1, 0.15) is 5.75 Å². The number of nitro groups is 1. The molecule has 13 nitrogen and oxygen atoms in total. The molecule has 56 heavy (non-hydrogen) atoms. The van der Waals surface area contributed by atoms with E-state index in [4.69, 9.17) is 9.47 Å². The zero-order valence-corrected chi connectivity index (χ0v) is 32.8. The fraction of sp³-hybridized carbons (Fsp3) is 0.357. The van der Waals surface area contributed by atoms with Crippen molar-refractivity contribution in [2.75, 3.05) is 25.2 Å². The molecule has 5 atom stereocenters. The van der Waals surface area contributed by atoms with E-state index in [0.717, 1.165) is 17.2 Å². The Morgan fingerprint density at radius 3 is 2.54 bits per heavy atom. The first-order valence-electron chi connectivity index (χ1n) is 19.0. The summed E-state index contributed by atoms with van der Waals surface area (Å²) in [5, 5.41) is 27.1. The number of aliphatic hydroxyl groups is 1. The molecule has 3 aliphatic heterocycles. The van der Waals surface area contributed by atoms with Crippen LogP contribution in [0.5, 0.6) is 5.75 Å². The lowest BCUT2D eigenvalue weighted by atomic mass is 9.82. The van der Waals surface area contributed by atoms with Crippen LogP contribution in [0.2, 0.25) is 18.6 Å². The molecule has 290 valence electrons. The van der Waals surface area contributed by atoms with Crippen molar-refractivity contribution in [3.8, 4) is 11.4 Å². The third-order valence-corrected chi connectivity index (χ3v) is 16.8. The van der Waals surface area contributed by atoms with Crippen LogP contribution in [0.15, 0.2) is 95.8 Å². The minimum Gasteiger partial charge on any atom is -0.497 e. The Hall–Kier alpha value is -5.57. The van der Waals surface area contributed by atoms with E-state index in [1.807, 2.05) is 73.7 Å². The highest BCUT2D eigenvalue weighted by Crippen LogP contribution is 2.60. The Kier molecular flexibility index (Phi) is 9.46. The van der Waals surface area contributed by atoms with Gasteiger partial charge in [-0.25, -0.2) is 4.68 Å². The molecule has 0 saturated carbocycles. The van der Waals surface area contributed by atoms with Crippen molar-refractivity contribution in [2.45, 2.75) is 69.1 Å². The maximum Gasteiger partial charge on any atom is 0.279 e. The molecular weight excluding hydrogens is 731 g/mol. The summed E-state index contributed by atoms with van der Waals surface area (Å²) in [7, 11) is -1.01. The first-order valence-corrected chi connectivity index (χ1v) is 22.1. The number of hydrogen-bond donors (Lipinski definition) is 2. The number of fused-ring (bicyclic) bond motifs is 3. The standard InChI is InChI=1S/C42H45N5O8Si/c1-26-39(56(3,4)32-17-15-31(54-2)16-18-32)37(23-38(49)44-20-8-11-30(44)25-48)55-42(26)34-22-29(47(52)53)14-19-36(34)45(41(42)51)24-27-9-7-10-28(21-27)46-40(50)33-12-5-6-13-35(33)43-46/h5-7,9-10,12-19,21-22,26,30,37,39,43,48H,8,11,20,23-25H2,1-4H3/t26-,30-,37+,39-,42+/m0/s1. The van der Waals surface area contributed by atoms with Crippen molar-refractivity contribution in [1.82, 2.24) is 14.7 Å². The third kappa shape index (κ3) is 5.94. The highest BCUT2D eigenvalue weighted by Gasteiger charge is 2.67. The van der Waals surface area contributed by atoms with E-state index in [2.05, 4.69) is 18.2 Å². The molecule has 4 heterocycles.